The summed E-state index contributed by atoms with van der Waals surface area (Å²) in [6, 6.07) is 5.98. The van der Waals surface area contributed by atoms with Gasteiger partial charge in [-0.05, 0) is 30.7 Å². The highest BCUT2D eigenvalue weighted by molar-refractivity contribution is 5.42. The van der Waals surface area contributed by atoms with Gasteiger partial charge in [-0.2, -0.15) is 0 Å². The first-order valence-corrected chi connectivity index (χ1v) is 6.50. The Kier molecular flexibility index (Phi) is 5.32. The lowest BCUT2D eigenvalue weighted by Crippen LogP contribution is -2.17. The van der Waals surface area contributed by atoms with Gasteiger partial charge >= 0.3 is 0 Å². The Morgan fingerprint density at radius 3 is 2.65 bits per heavy atom. The van der Waals surface area contributed by atoms with Crippen LogP contribution in [0, 0.1) is 0 Å². The van der Waals surface area contributed by atoms with Crippen molar-refractivity contribution in [1.82, 2.24) is 15.3 Å². The molecule has 20 heavy (non-hydrogen) atoms. The summed E-state index contributed by atoms with van der Waals surface area (Å²) in [7, 11) is 3.29. The van der Waals surface area contributed by atoms with Gasteiger partial charge in [-0.1, -0.05) is 6.07 Å². The molecule has 0 amide bonds. The maximum atomic E-state index is 5.29. The number of aromatic nitrogens is 2. The lowest BCUT2D eigenvalue weighted by Gasteiger charge is -2.10. The second kappa shape index (κ2) is 7.45. The van der Waals surface area contributed by atoms with Crippen LogP contribution in [0.25, 0.3) is 0 Å². The fourth-order valence-corrected chi connectivity index (χ4v) is 1.91. The molecule has 5 nitrogen and oxygen atoms in total. The van der Waals surface area contributed by atoms with E-state index in [2.05, 4.69) is 15.3 Å². The van der Waals surface area contributed by atoms with Crippen LogP contribution >= 0.6 is 0 Å². The normalized spacial score (nSPS) is 10.3. The molecule has 0 saturated carbocycles. The van der Waals surface area contributed by atoms with Crippen LogP contribution in [0.3, 0.4) is 0 Å². The van der Waals surface area contributed by atoms with E-state index in [1.54, 1.807) is 32.8 Å². The van der Waals surface area contributed by atoms with Crippen LogP contribution in [-0.4, -0.2) is 30.7 Å². The SMILES string of the molecule is COc1ccc(CCNCc2cnccn2)cc1OC. The molecule has 0 aliphatic rings. The second-order valence-electron chi connectivity index (χ2n) is 4.31. The third kappa shape index (κ3) is 3.93. The minimum atomic E-state index is 0.723. The molecule has 0 atom stereocenters. The van der Waals surface area contributed by atoms with Crippen molar-refractivity contribution in [2.75, 3.05) is 20.8 Å². The Morgan fingerprint density at radius 2 is 1.95 bits per heavy atom. The van der Waals surface area contributed by atoms with Crippen molar-refractivity contribution in [3.05, 3.63) is 48.0 Å². The molecule has 1 aromatic carbocycles. The molecule has 1 aromatic heterocycles. The molecule has 0 spiro atoms. The summed E-state index contributed by atoms with van der Waals surface area (Å²) in [5.74, 6) is 1.52. The van der Waals surface area contributed by atoms with Crippen molar-refractivity contribution in [1.29, 1.82) is 0 Å². The van der Waals surface area contributed by atoms with Crippen molar-refractivity contribution in [3.63, 3.8) is 0 Å². The molecule has 2 rings (SSSR count). The van der Waals surface area contributed by atoms with Gasteiger partial charge in [0.15, 0.2) is 11.5 Å². The van der Waals surface area contributed by atoms with Gasteiger partial charge in [-0.15, -0.1) is 0 Å². The summed E-state index contributed by atoms with van der Waals surface area (Å²) in [6.07, 6.45) is 6.06. The number of nitrogens with one attached hydrogen (secondary N) is 1. The Hall–Kier alpha value is -2.14. The highest BCUT2D eigenvalue weighted by Gasteiger charge is 2.04. The molecule has 0 saturated heterocycles. The van der Waals surface area contributed by atoms with Crippen molar-refractivity contribution < 1.29 is 9.47 Å². The Labute approximate surface area is 119 Å². The standard InChI is InChI=1S/C15H19N3O2/c1-19-14-4-3-12(9-15(14)20-2)5-6-16-10-13-11-17-7-8-18-13/h3-4,7-9,11,16H,5-6,10H2,1-2H3. The van der Waals surface area contributed by atoms with Crippen LogP contribution in [0.2, 0.25) is 0 Å². The van der Waals surface area contributed by atoms with Gasteiger partial charge in [-0.25, -0.2) is 0 Å². The van der Waals surface area contributed by atoms with Gasteiger partial charge < -0.3 is 14.8 Å². The van der Waals surface area contributed by atoms with E-state index in [-0.39, 0.29) is 0 Å². The molecule has 0 bridgehead atoms. The second-order valence-corrected chi connectivity index (χ2v) is 4.31. The first kappa shape index (κ1) is 14.3. The van der Waals surface area contributed by atoms with Crippen LogP contribution in [0.4, 0.5) is 0 Å². The van der Waals surface area contributed by atoms with Gasteiger partial charge in [-0.3, -0.25) is 9.97 Å². The molecule has 1 N–H and O–H groups in total. The van der Waals surface area contributed by atoms with E-state index in [1.807, 2.05) is 18.2 Å². The summed E-state index contributed by atoms with van der Waals surface area (Å²) in [6.45, 7) is 1.59. The summed E-state index contributed by atoms with van der Waals surface area (Å²) < 4.78 is 10.5. The van der Waals surface area contributed by atoms with E-state index in [4.69, 9.17) is 9.47 Å². The number of methoxy groups -OCH3 is 2. The van der Waals surface area contributed by atoms with Gasteiger partial charge in [0.05, 0.1) is 19.9 Å². The fourth-order valence-electron chi connectivity index (χ4n) is 1.91. The highest BCUT2D eigenvalue weighted by Crippen LogP contribution is 2.27. The lowest BCUT2D eigenvalue weighted by molar-refractivity contribution is 0.354. The van der Waals surface area contributed by atoms with Crippen molar-refractivity contribution in [2.45, 2.75) is 13.0 Å². The average Bonchev–Trinajstić information content (AvgIpc) is 2.52. The maximum absolute atomic E-state index is 5.29. The zero-order chi connectivity index (χ0) is 14.2. The van der Waals surface area contributed by atoms with E-state index >= 15 is 0 Å². The van der Waals surface area contributed by atoms with Crippen LogP contribution in [0.5, 0.6) is 11.5 Å². The average molecular weight is 273 g/mol. The number of rotatable bonds is 7. The Bertz CT molecular complexity index is 532. The quantitative estimate of drug-likeness (QED) is 0.780. The molecule has 2 aromatic rings. The van der Waals surface area contributed by atoms with E-state index in [0.717, 1.165) is 36.7 Å². The summed E-state index contributed by atoms with van der Waals surface area (Å²) in [5, 5.41) is 3.34. The van der Waals surface area contributed by atoms with Crippen LogP contribution < -0.4 is 14.8 Å². The molecule has 0 unspecified atom stereocenters. The van der Waals surface area contributed by atoms with Gasteiger partial charge in [0.1, 0.15) is 0 Å². The van der Waals surface area contributed by atoms with Crippen molar-refractivity contribution in [2.24, 2.45) is 0 Å². The molecule has 5 heteroatoms. The van der Waals surface area contributed by atoms with E-state index < -0.39 is 0 Å². The molecule has 106 valence electrons. The molecule has 0 aliphatic heterocycles. The molecular formula is C15H19N3O2. The maximum Gasteiger partial charge on any atom is 0.160 e. The Balaban J connectivity index is 1.82. The number of ether oxygens (including phenoxy) is 2. The third-order valence-corrected chi connectivity index (χ3v) is 2.96. The highest BCUT2D eigenvalue weighted by atomic mass is 16.5. The largest absolute Gasteiger partial charge is 0.493 e. The third-order valence-electron chi connectivity index (χ3n) is 2.96. The summed E-state index contributed by atoms with van der Waals surface area (Å²) >= 11 is 0. The van der Waals surface area contributed by atoms with Gasteiger partial charge in [0, 0.05) is 25.1 Å². The van der Waals surface area contributed by atoms with Crippen molar-refractivity contribution in [3.8, 4) is 11.5 Å². The first-order valence-electron chi connectivity index (χ1n) is 6.50. The molecular weight excluding hydrogens is 254 g/mol. The predicted molar refractivity (Wildman–Crippen MR) is 77.0 cm³/mol. The van der Waals surface area contributed by atoms with Crippen LogP contribution in [0.15, 0.2) is 36.8 Å². The summed E-state index contributed by atoms with van der Waals surface area (Å²) in [5.41, 5.74) is 2.15. The number of hydrogen-bond acceptors (Lipinski definition) is 5. The van der Waals surface area contributed by atoms with E-state index in [9.17, 15) is 0 Å². The topological polar surface area (TPSA) is 56.3 Å². The molecule has 0 fully saturated rings. The number of benzene rings is 1. The van der Waals surface area contributed by atoms with Crippen LogP contribution in [-0.2, 0) is 13.0 Å². The first-order chi connectivity index (χ1) is 9.83. The molecule has 0 aliphatic carbocycles. The Morgan fingerprint density at radius 1 is 1.10 bits per heavy atom. The minimum absolute atomic E-state index is 0.723. The minimum Gasteiger partial charge on any atom is -0.493 e. The fraction of sp³-hybridized carbons (Fsp3) is 0.333. The smallest absolute Gasteiger partial charge is 0.160 e. The molecule has 0 radical (unpaired) electrons. The van der Waals surface area contributed by atoms with E-state index in [0.29, 0.717) is 0 Å². The van der Waals surface area contributed by atoms with Crippen LogP contribution in [0.1, 0.15) is 11.3 Å². The zero-order valence-electron chi connectivity index (χ0n) is 11.8. The predicted octanol–water partition coefficient (Wildman–Crippen LogP) is 1.83. The number of nitrogens with zero attached hydrogens (tertiary/aromatic N) is 2. The number of hydrogen-bond donors (Lipinski definition) is 1. The molecule has 1 heterocycles. The monoisotopic (exact) mass is 273 g/mol. The lowest BCUT2D eigenvalue weighted by atomic mass is 10.1. The van der Waals surface area contributed by atoms with Gasteiger partial charge in [0.25, 0.3) is 0 Å². The van der Waals surface area contributed by atoms with E-state index in [1.165, 1.54) is 5.56 Å². The summed E-state index contributed by atoms with van der Waals surface area (Å²) in [4.78, 5) is 8.24. The van der Waals surface area contributed by atoms with Crippen molar-refractivity contribution >= 4 is 0 Å². The zero-order valence-corrected chi connectivity index (χ0v) is 11.8. The van der Waals surface area contributed by atoms with Gasteiger partial charge in [0.2, 0.25) is 0 Å².